The lowest BCUT2D eigenvalue weighted by Gasteiger charge is -2.32. The van der Waals surface area contributed by atoms with Gasteiger partial charge < -0.3 is 10.0 Å². The lowest BCUT2D eigenvalue weighted by atomic mass is 9.91. The van der Waals surface area contributed by atoms with Crippen LogP contribution in [0.2, 0.25) is 0 Å². The van der Waals surface area contributed by atoms with Gasteiger partial charge in [-0.15, -0.1) is 0 Å². The number of hydrogen-bond acceptors (Lipinski definition) is 3. The number of hydrogen-bond donors (Lipinski definition) is 1. The van der Waals surface area contributed by atoms with E-state index in [4.69, 9.17) is 0 Å². The predicted molar refractivity (Wildman–Crippen MR) is 90.0 cm³/mol. The molecule has 0 spiro atoms. The van der Waals surface area contributed by atoms with Crippen molar-refractivity contribution in [3.63, 3.8) is 0 Å². The number of carboxylic acids is 1. The molecule has 23 heavy (non-hydrogen) atoms. The highest BCUT2D eigenvalue weighted by molar-refractivity contribution is 7.07. The molecule has 3 rings (SSSR count). The van der Waals surface area contributed by atoms with Gasteiger partial charge >= 0.3 is 5.97 Å². The minimum atomic E-state index is -0.982. The van der Waals surface area contributed by atoms with Crippen LogP contribution in [0.1, 0.15) is 40.2 Å². The first-order chi connectivity index (χ1) is 11.1. The molecule has 1 aromatic heterocycles. The van der Waals surface area contributed by atoms with Gasteiger partial charge in [-0.2, -0.15) is 11.3 Å². The summed E-state index contributed by atoms with van der Waals surface area (Å²) >= 11 is 1.71. The highest BCUT2D eigenvalue weighted by atomic mass is 32.1. The molecule has 5 heteroatoms. The lowest BCUT2D eigenvalue weighted by Crippen LogP contribution is -2.38. The molecule has 0 unspecified atom stereocenters. The summed E-state index contributed by atoms with van der Waals surface area (Å²) in [5, 5.41) is 13.5. The molecule has 120 valence electrons. The van der Waals surface area contributed by atoms with Crippen molar-refractivity contribution >= 4 is 23.2 Å². The molecule has 1 N–H and O–H groups in total. The SMILES string of the molecule is O=C(O)c1ccccc1CC(=O)N1CCC(c2ccsc2)CC1. The summed E-state index contributed by atoms with van der Waals surface area (Å²) in [6, 6.07) is 8.89. The van der Waals surface area contributed by atoms with Crippen LogP contribution < -0.4 is 0 Å². The molecule has 2 heterocycles. The zero-order valence-corrected chi connectivity index (χ0v) is 13.6. The van der Waals surface area contributed by atoms with Crippen molar-refractivity contribution in [3.8, 4) is 0 Å². The molecule has 0 bridgehead atoms. The Balaban J connectivity index is 1.61. The van der Waals surface area contributed by atoms with Crippen LogP contribution in [0.3, 0.4) is 0 Å². The largest absolute Gasteiger partial charge is 0.478 e. The maximum Gasteiger partial charge on any atom is 0.335 e. The molecule has 1 aromatic carbocycles. The van der Waals surface area contributed by atoms with Gasteiger partial charge in [0.25, 0.3) is 0 Å². The monoisotopic (exact) mass is 329 g/mol. The van der Waals surface area contributed by atoms with Gasteiger partial charge in [0.05, 0.1) is 12.0 Å². The Morgan fingerprint density at radius 3 is 2.57 bits per heavy atom. The molecule has 1 aliphatic heterocycles. The number of nitrogens with zero attached hydrogens (tertiary/aromatic N) is 1. The van der Waals surface area contributed by atoms with Crippen LogP contribution in [0.4, 0.5) is 0 Å². The maximum absolute atomic E-state index is 12.5. The van der Waals surface area contributed by atoms with E-state index in [0.717, 1.165) is 25.9 Å². The summed E-state index contributed by atoms with van der Waals surface area (Å²) in [6.45, 7) is 1.49. The van der Waals surface area contributed by atoms with E-state index in [1.807, 2.05) is 4.90 Å². The number of likely N-dealkylation sites (tertiary alicyclic amines) is 1. The van der Waals surface area contributed by atoms with Crippen LogP contribution >= 0.6 is 11.3 Å². The third kappa shape index (κ3) is 3.62. The number of carboxylic acid groups (broad SMARTS) is 1. The van der Waals surface area contributed by atoms with E-state index in [-0.39, 0.29) is 17.9 Å². The van der Waals surface area contributed by atoms with E-state index in [0.29, 0.717) is 11.5 Å². The van der Waals surface area contributed by atoms with Crippen molar-refractivity contribution < 1.29 is 14.7 Å². The molecule has 0 atom stereocenters. The number of carbonyl (C=O) groups excluding carboxylic acids is 1. The topological polar surface area (TPSA) is 57.6 Å². The Hall–Kier alpha value is -2.14. The molecular weight excluding hydrogens is 310 g/mol. The summed E-state index contributed by atoms with van der Waals surface area (Å²) < 4.78 is 0. The van der Waals surface area contributed by atoms with Crippen molar-refractivity contribution in [2.24, 2.45) is 0 Å². The molecule has 0 saturated carbocycles. The number of benzene rings is 1. The fraction of sp³-hybridized carbons (Fsp3) is 0.333. The summed E-state index contributed by atoms with van der Waals surface area (Å²) in [5.74, 6) is -0.427. The average Bonchev–Trinajstić information content (AvgIpc) is 3.10. The second-order valence-electron chi connectivity index (χ2n) is 5.85. The molecule has 1 aliphatic rings. The number of thiophene rings is 1. The summed E-state index contributed by atoms with van der Waals surface area (Å²) in [5.41, 5.74) is 2.18. The quantitative estimate of drug-likeness (QED) is 0.935. The number of amides is 1. The van der Waals surface area contributed by atoms with Crippen LogP contribution in [0, 0.1) is 0 Å². The number of aromatic carboxylic acids is 1. The number of rotatable bonds is 4. The van der Waals surface area contributed by atoms with Crippen molar-refractivity contribution in [1.29, 1.82) is 0 Å². The van der Waals surface area contributed by atoms with Crippen LogP contribution in [-0.4, -0.2) is 35.0 Å². The standard InChI is InChI=1S/C18H19NO3S/c20-17(11-14-3-1-2-4-16(14)18(21)22)19-8-5-13(6-9-19)15-7-10-23-12-15/h1-4,7,10,12-13H,5-6,8-9,11H2,(H,21,22). The fourth-order valence-electron chi connectivity index (χ4n) is 3.13. The van der Waals surface area contributed by atoms with E-state index < -0.39 is 5.97 Å². The third-order valence-electron chi connectivity index (χ3n) is 4.45. The molecule has 1 fully saturated rings. The van der Waals surface area contributed by atoms with Crippen molar-refractivity contribution in [2.45, 2.75) is 25.2 Å². The van der Waals surface area contributed by atoms with E-state index in [9.17, 15) is 14.7 Å². The van der Waals surface area contributed by atoms with Gasteiger partial charge in [-0.05, 0) is 52.8 Å². The van der Waals surface area contributed by atoms with Crippen LogP contribution in [0.15, 0.2) is 41.1 Å². The zero-order valence-electron chi connectivity index (χ0n) is 12.8. The third-order valence-corrected chi connectivity index (χ3v) is 5.15. The Labute approximate surface area is 139 Å². The van der Waals surface area contributed by atoms with E-state index >= 15 is 0 Å². The molecule has 4 nitrogen and oxygen atoms in total. The number of piperidine rings is 1. The maximum atomic E-state index is 12.5. The summed E-state index contributed by atoms with van der Waals surface area (Å²) in [6.07, 6.45) is 2.11. The molecule has 0 radical (unpaired) electrons. The van der Waals surface area contributed by atoms with Gasteiger partial charge in [-0.25, -0.2) is 4.79 Å². The lowest BCUT2D eigenvalue weighted by molar-refractivity contribution is -0.131. The Bertz CT molecular complexity index is 688. The Morgan fingerprint density at radius 1 is 1.17 bits per heavy atom. The van der Waals surface area contributed by atoms with Crippen molar-refractivity contribution in [2.75, 3.05) is 13.1 Å². The summed E-state index contributed by atoms with van der Waals surface area (Å²) in [4.78, 5) is 25.6. The smallest absolute Gasteiger partial charge is 0.335 e. The van der Waals surface area contributed by atoms with Crippen molar-refractivity contribution in [1.82, 2.24) is 4.90 Å². The van der Waals surface area contributed by atoms with Crippen molar-refractivity contribution in [3.05, 3.63) is 57.8 Å². The first-order valence-corrected chi connectivity index (χ1v) is 8.70. The van der Waals surface area contributed by atoms with Gasteiger partial charge in [0.15, 0.2) is 0 Å². The zero-order chi connectivity index (χ0) is 16.2. The van der Waals surface area contributed by atoms with E-state index in [1.54, 1.807) is 35.6 Å². The molecular formula is C18H19NO3S. The van der Waals surface area contributed by atoms with E-state index in [2.05, 4.69) is 16.8 Å². The first-order valence-electron chi connectivity index (χ1n) is 7.76. The van der Waals surface area contributed by atoms with Gasteiger partial charge in [0.1, 0.15) is 0 Å². The van der Waals surface area contributed by atoms with Crippen LogP contribution in [0.25, 0.3) is 0 Å². The van der Waals surface area contributed by atoms with E-state index in [1.165, 1.54) is 5.56 Å². The highest BCUT2D eigenvalue weighted by Crippen LogP contribution is 2.29. The number of carbonyl (C=O) groups is 2. The second kappa shape index (κ2) is 6.96. The Kier molecular flexibility index (Phi) is 4.76. The molecule has 2 aromatic rings. The normalized spacial score (nSPS) is 15.6. The molecule has 1 saturated heterocycles. The average molecular weight is 329 g/mol. The first kappa shape index (κ1) is 15.7. The summed E-state index contributed by atoms with van der Waals surface area (Å²) in [7, 11) is 0. The second-order valence-corrected chi connectivity index (χ2v) is 6.63. The van der Waals surface area contributed by atoms with Crippen LogP contribution in [-0.2, 0) is 11.2 Å². The molecule has 0 aliphatic carbocycles. The highest BCUT2D eigenvalue weighted by Gasteiger charge is 2.24. The predicted octanol–water partition coefficient (Wildman–Crippen LogP) is 3.40. The van der Waals surface area contributed by atoms with Gasteiger partial charge in [-0.3, -0.25) is 4.79 Å². The van der Waals surface area contributed by atoms with Gasteiger partial charge in [0.2, 0.25) is 5.91 Å². The van der Waals surface area contributed by atoms with Crippen LogP contribution in [0.5, 0.6) is 0 Å². The minimum Gasteiger partial charge on any atom is -0.478 e. The fourth-order valence-corrected chi connectivity index (χ4v) is 3.87. The van der Waals surface area contributed by atoms with Gasteiger partial charge in [0, 0.05) is 13.1 Å². The Morgan fingerprint density at radius 2 is 1.91 bits per heavy atom. The molecule has 1 amide bonds. The van der Waals surface area contributed by atoms with Gasteiger partial charge in [-0.1, -0.05) is 18.2 Å². The minimum absolute atomic E-state index is 0.0162.